The Morgan fingerprint density at radius 3 is 2.59 bits per heavy atom. The van der Waals surface area contributed by atoms with Crippen molar-refractivity contribution in [3.05, 3.63) is 56.5 Å². The molecule has 0 radical (unpaired) electrons. The number of nitro benzene ring substituents is 1. The molecule has 0 aliphatic heterocycles. The number of aryl methyl sites for hydroxylation is 1. The fourth-order valence-electron chi connectivity index (χ4n) is 2.08. The third-order valence-corrected chi connectivity index (χ3v) is 4.40. The lowest BCUT2D eigenvalue weighted by Crippen LogP contribution is -2.20. The highest BCUT2D eigenvalue weighted by Crippen LogP contribution is 2.27. The number of nitrogens with one attached hydrogen (secondary N) is 1. The van der Waals surface area contributed by atoms with Crippen molar-refractivity contribution >= 4 is 39.9 Å². The number of nitro groups is 1. The van der Waals surface area contributed by atoms with E-state index in [1.54, 1.807) is 19.9 Å². The molecule has 27 heavy (non-hydrogen) atoms. The van der Waals surface area contributed by atoms with Crippen molar-refractivity contribution in [2.45, 2.75) is 13.8 Å². The van der Waals surface area contributed by atoms with Gasteiger partial charge in [-0.15, -0.1) is 11.3 Å². The summed E-state index contributed by atoms with van der Waals surface area (Å²) in [6.45, 7) is 3.07. The average Bonchev–Trinajstić information content (AvgIpc) is 3.00. The van der Waals surface area contributed by atoms with Gasteiger partial charge in [-0.1, -0.05) is 6.07 Å². The first kappa shape index (κ1) is 20.0. The van der Waals surface area contributed by atoms with E-state index in [-0.39, 0.29) is 17.9 Å². The minimum atomic E-state index is -0.858. The number of hydrogen-bond acceptors (Lipinski definition) is 8. The molecule has 0 saturated carbocycles. The zero-order chi connectivity index (χ0) is 20.0. The number of rotatable bonds is 7. The summed E-state index contributed by atoms with van der Waals surface area (Å²) < 4.78 is 9.78. The van der Waals surface area contributed by atoms with E-state index in [4.69, 9.17) is 9.47 Å². The van der Waals surface area contributed by atoms with Crippen molar-refractivity contribution in [2.24, 2.45) is 0 Å². The molecule has 1 aromatic heterocycles. The Morgan fingerprint density at radius 2 is 1.93 bits per heavy atom. The van der Waals surface area contributed by atoms with Crippen molar-refractivity contribution in [3.8, 4) is 0 Å². The molecule has 1 N–H and O–H groups in total. The van der Waals surface area contributed by atoms with Gasteiger partial charge in [-0.05, 0) is 31.5 Å². The summed E-state index contributed by atoms with van der Waals surface area (Å²) in [6.07, 6.45) is 0. The molecule has 0 bridgehead atoms. The number of thiophene rings is 1. The molecule has 0 aliphatic rings. The number of ether oxygens (including phenoxy) is 2. The Kier molecular flexibility index (Phi) is 6.61. The minimum absolute atomic E-state index is 0.0337. The molecule has 0 atom stereocenters. The second-order valence-corrected chi connectivity index (χ2v) is 6.33. The highest BCUT2D eigenvalue weighted by Gasteiger charge is 2.17. The van der Waals surface area contributed by atoms with Crippen LogP contribution in [-0.4, -0.2) is 36.0 Å². The monoisotopic (exact) mass is 392 g/mol. The molecule has 9 nitrogen and oxygen atoms in total. The van der Waals surface area contributed by atoms with E-state index >= 15 is 0 Å². The fraction of sp³-hybridized carbons (Fsp3) is 0.235. The number of hydrogen-bond donors (Lipinski definition) is 1. The van der Waals surface area contributed by atoms with Crippen molar-refractivity contribution in [2.75, 3.05) is 18.5 Å². The Balaban J connectivity index is 1.94. The van der Waals surface area contributed by atoms with Gasteiger partial charge in [0.1, 0.15) is 4.88 Å². The SMILES string of the molecule is CCOC(=O)c1sc(NC(=O)COC(=O)c2cccc([N+](=O)[O-])c2)cc1C. The molecular formula is C17H16N2O7S. The first-order chi connectivity index (χ1) is 12.8. The highest BCUT2D eigenvalue weighted by molar-refractivity contribution is 7.18. The number of benzene rings is 1. The molecular weight excluding hydrogens is 376 g/mol. The van der Waals surface area contributed by atoms with Crippen LogP contribution in [0.2, 0.25) is 0 Å². The number of non-ortho nitro benzene ring substituents is 1. The quantitative estimate of drug-likeness (QED) is 0.436. The first-order valence-corrected chi connectivity index (χ1v) is 8.62. The molecule has 10 heteroatoms. The molecule has 0 spiro atoms. The number of amides is 1. The molecule has 2 aromatic rings. The third-order valence-electron chi connectivity index (χ3n) is 3.27. The maximum absolute atomic E-state index is 11.9. The third kappa shape index (κ3) is 5.35. The summed E-state index contributed by atoms with van der Waals surface area (Å²) in [6, 6.07) is 6.61. The summed E-state index contributed by atoms with van der Waals surface area (Å²) in [7, 11) is 0. The van der Waals surface area contributed by atoms with Crippen LogP contribution in [0.1, 0.15) is 32.5 Å². The predicted molar refractivity (Wildman–Crippen MR) is 97.0 cm³/mol. The molecule has 0 fully saturated rings. The average molecular weight is 392 g/mol. The molecule has 0 unspecified atom stereocenters. The Hall–Kier alpha value is -3.27. The second-order valence-electron chi connectivity index (χ2n) is 5.28. The van der Waals surface area contributed by atoms with E-state index in [0.29, 0.717) is 15.4 Å². The van der Waals surface area contributed by atoms with Gasteiger partial charge in [0.25, 0.3) is 11.6 Å². The zero-order valence-electron chi connectivity index (χ0n) is 14.5. The van der Waals surface area contributed by atoms with Gasteiger partial charge in [0, 0.05) is 12.1 Å². The second kappa shape index (κ2) is 8.90. The van der Waals surface area contributed by atoms with Gasteiger partial charge < -0.3 is 14.8 Å². The molecule has 1 aromatic carbocycles. The predicted octanol–water partition coefficient (Wildman–Crippen LogP) is 2.94. The standard InChI is InChI=1S/C17H16N2O7S/c1-3-25-17(22)15-10(2)7-14(27-15)18-13(20)9-26-16(21)11-5-4-6-12(8-11)19(23)24/h4-8H,3,9H2,1-2H3,(H,18,20). The van der Waals surface area contributed by atoms with Crippen LogP contribution in [0.4, 0.5) is 10.7 Å². The summed E-state index contributed by atoms with van der Waals surface area (Å²) in [5.74, 6) is -1.94. The van der Waals surface area contributed by atoms with E-state index in [2.05, 4.69) is 5.32 Å². The highest BCUT2D eigenvalue weighted by atomic mass is 32.1. The van der Waals surface area contributed by atoms with Crippen molar-refractivity contribution in [3.63, 3.8) is 0 Å². The normalized spacial score (nSPS) is 10.1. The molecule has 142 valence electrons. The van der Waals surface area contributed by atoms with E-state index in [1.807, 2.05) is 0 Å². The van der Waals surface area contributed by atoms with Gasteiger partial charge in [-0.3, -0.25) is 14.9 Å². The van der Waals surface area contributed by atoms with Crippen LogP contribution in [0, 0.1) is 17.0 Å². The Bertz CT molecular complexity index is 891. The van der Waals surface area contributed by atoms with Crippen LogP contribution < -0.4 is 5.32 Å². The van der Waals surface area contributed by atoms with Crippen molar-refractivity contribution in [1.29, 1.82) is 0 Å². The molecule has 0 saturated heterocycles. The molecule has 0 aliphatic carbocycles. The summed E-state index contributed by atoms with van der Waals surface area (Å²) in [5.41, 5.74) is 0.366. The lowest BCUT2D eigenvalue weighted by Gasteiger charge is -2.05. The smallest absolute Gasteiger partial charge is 0.348 e. The number of esters is 2. The number of carbonyl (C=O) groups excluding carboxylic acids is 3. The van der Waals surface area contributed by atoms with Gasteiger partial charge in [0.2, 0.25) is 0 Å². The minimum Gasteiger partial charge on any atom is -0.462 e. The zero-order valence-corrected chi connectivity index (χ0v) is 15.3. The van der Waals surface area contributed by atoms with E-state index in [9.17, 15) is 24.5 Å². The number of nitrogens with zero attached hydrogens (tertiary/aromatic N) is 1. The molecule has 1 heterocycles. The summed E-state index contributed by atoms with van der Waals surface area (Å²) >= 11 is 1.05. The largest absolute Gasteiger partial charge is 0.462 e. The fourth-order valence-corrected chi connectivity index (χ4v) is 3.06. The van der Waals surface area contributed by atoms with Crippen molar-refractivity contribution < 1.29 is 28.8 Å². The first-order valence-electron chi connectivity index (χ1n) is 7.80. The topological polar surface area (TPSA) is 125 Å². The van der Waals surface area contributed by atoms with Crippen LogP contribution in [0.25, 0.3) is 0 Å². The molecule has 1 amide bonds. The van der Waals surface area contributed by atoms with Crippen LogP contribution in [0.5, 0.6) is 0 Å². The van der Waals surface area contributed by atoms with Gasteiger partial charge in [-0.25, -0.2) is 9.59 Å². The molecule has 2 rings (SSSR count). The maximum Gasteiger partial charge on any atom is 0.348 e. The van der Waals surface area contributed by atoms with Gasteiger partial charge >= 0.3 is 11.9 Å². The Labute approximate surface area is 158 Å². The lowest BCUT2D eigenvalue weighted by molar-refractivity contribution is -0.384. The number of carbonyl (C=O) groups is 3. The van der Waals surface area contributed by atoms with Crippen LogP contribution in [0.3, 0.4) is 0 Å². The van der Waals surface area contributed by atoms with E-state index in [1.165, 1.54) is 18.2 Å². The van der Waals surface area contributed by atoms with E-state index < -0.39 is 29.4 Å². The van der Waals surface area contributed by atoms with Crippen LogP contribution >= 0.6 is 11.3 Å². The van der Waals surface area contributed by atoms with Gasteiger partial charge in [0.05, 0.1) is 22.1 Å². The summed E-state index contributed by atoms with van der Waals surface area (Å²) in [4.78, 5) is 46.1. The van der Waals surface area contributed by atoms with Crippen LogP contribution in [0.15, 0.2) is 30.3 Å². The van der Waals surface area contributed by atoms with Crippen LogP contribution in [-0.2, 0) is 14.3 Å². The maximum atomic E-state index is 11.9. The lowest BCUT2D eigenvalue weighted by atomic mass is 10.2. The Morgan fingerprint density at radius 1 is 1.19 bits per heavy atom. The van der Waals surface area contributed by atoms with E-state index in [0.717, 1.165) is 17.4 Å². The van der Waals surface area contributed by atoms with Crippen molar-refractivity contribution in [1.82, 2.24) is 0 Å². The number of anilines is 1. The van der Waals surface area contributed by atoms with Gasteiger partial charge in [-0.2, -0.15) is 0 Å². The van der Waals surface area contributed by atoms with Gasteiger partial charge in [0.15, 0.2) is 6.61 Å². The summed E-state index contributed by atoms with van der Waals surface area (Å²) in [5, 5.41) is 13.7.